The molecule has 1 saturated carbocycles. The molecular formula is C29H31Cl2FN4O4. The maximum absolute atomic E-state index is 15.7. The van der Waals surface area contributed by atoms with Gasteiger partial charge in [0.1, 0.15) is 11.4 Å². The fourth-order valence-corrected chi connectivity index (χ4v) is 6.01. The van der Waals surface area contributed by atoms with E-state index in [1.807, 2.05) is 17.6 Å². The Morgan fingerprint density at radius 2 is 1.93 bits per heavy atom. The molecule has 40 heavy (non-hydrogen) atoms. The predicted octanol–water partition coefficient (Wildman–Crippen LogP) is 4.35. The highest BCUT2D eigenvalue weighted by Crippen LogP contribution is 2.42. The lowest BCUT2D eigenvalue weighted by Gasteiger charge is -2.34. The maximum Gasteiger partial charge on any atom is 0.257 e. The zero-order chi connectivity index (χ0) is 28.6. The van der Waals surface area contributed by atoms with Crippen molar-refractivity contribution >= 4 is 51.6 Å². The molecule has 2 heterocycles. The molecule has 3 N–H and O–H groups in total. The topological polar surface area (TPSA) is 104 Å². The van der Waals surface area contributed by atoms with Gasteiger partial charge in [0.2, 0.25) is 11.3 Å². The Hall–Kier alpha value is -3.14. The maximum atomic E-state index is 15.7. The van der Waals surface area contributed by atoms with E-state index < -0.39 is 17.2 Å². The fourth-order valence-electron chi connectivity index (χ4n) is 5.37. The van der Waals surface area contributed by atoms with Crippen LogP contribution in [-0.4, -0.2) is 47.7 Å². The third-order valence-electron chi connectivity index (χ3n) is 7.63. The number of piperidine rings is 1. The Morgan fingerprint density at radius 1 is 1.15 bits per heavy atom. The molecule has 212 valence electrons. The van der Waals surface area contributed by atoms with Crippen LogP contribution in [0.1, 0.15) is 53.2 Å². The molecule has 3 aromatic rings. The van der Waals surface area contributed by atoms with E-state index in [2.05, 4.69) is 10.6 Å². The molecule has 2 aliphatic rings. The van der Waals surface area contributed by atoms with Crippen molar-refractivity contribution in [1.29, 1.82) is 0 Å². The van der Waals surface area contributed by atoms with E-state index in [1.54, 1.807) is 17.0 Å². The number of nitrogens with zero attached hydrogens (tertiary/aromatic N) is 2. The van der Waals surface area contributed by atoms with E-state index >= 15 is 4.39 Å². The van der Waals surface area contributed by atoms with Crippen molar-refractivity contribution < 1.29 is 19.1 Å². The monoisotopic (exact) mass is 588 g/mol. The number of fused-ring (bicyclic) bond motifs is 1. The Bertz CT molecular complexity index is 1540. The highest BCUT2D eigenvalue weighted by molar-refractivity contribution is 6.38. The third kappa shape index (κ3) is 5.68. The van der Waals surface area contributed by atoms with Gasteiger partial charge in [0.15, 0.2) is 0 Å². The van der Waals surface area contributed by atoms with E-state index in [0.717, 1.165) is 30.0 Å². The number of hydrogen-bond donors (Lipinski definition) is 3. The van der Waals surface area contributed by atoms with Crippen molar-refractivity contribution in [2.24, 2.45) is 5.92 Å². The molecule has 0 bridgehead atoms. The highest BCUT2D eigenvalue weighted by Gasteiger charge is 2.32. The molecule has 1 unspecified atom stereocenters. The minimum absolute atomic E-state index is 0.0438. The van der Waals surface area contributed by atoms with E-state index in [4.69, 9.17) is 28.3 Å². The lowest BCUT2D eigenvalue weighted by molar-refractivity contribution is -0.125. The van der Waals surface area contributed by atoms with Gasteiger partial charge in [-0.15, -0.1) is 0 Å². The molecule has 0 spiro atoms. The van der Waals surface area contributed by atoms with Crippen molar-refractivity contribution in [3.05, 3.63) is 73.2 Å². The number of rotatable bonds is 8. The van der Waals surface area contributed by atoms with Gasteiger partial charge in [-0.3, -0.25) is 14.4 Å². The van der Waals surface area contributed by atoms with E-state index in [0.29, 0.717) is 29.9 Å². The lowest BCUT2D eigenvalue weighted by atomic mass is 9.96. The number of aromatic nitrogens is 1. The summed E-state index contributed by atoms with van der Waals surface area (Å²) in [5.74, 6) is -1.81. The summed E-state index contributed by atoms with van der Waals surface area (Å²) < 4.78 is 17.5. The lowest BCUT2D eigenvalue weighted by Crippen LogP contribution is -2.44. The molecule has 11 heteroatoms. The van der Waals surface area contributed by atoms with Gasteiger partial charge in [0.05, 0.1) is 34.1 Å². The number of anilines is 1. The molecule has 2 amide bonds. The fraction of sp³-hybridized carbons (Fsp3) is 0.414. The number of benzene rings is 2. The van der Waals surface area contributed by atoms with Gasteiger partial charge in [-0.1, -0.05) is 29.3 Å². The quantitative estimate of drug-likeness (QED) is 0.363. The van der Waals surface area contributed by atoms with Gasteiger partial charge in [-0.2, -0.15) is 0 Å². The first-order chi connectivity index (χ1) is 19.2. The number of halogens is 3. The third-order valence-corrected chi connectivity index (χ3v) is 8.23. The largest absolute Gasteiger partial charge is 0.395 e. The zero-order valence-corrected chi connectivity index (χ0v) is 23.6. The van der Waals surface area contributed by atoms with Crippen LogP contribution in [0, 0.1) is 18.7 Å². The molecule has 1 aliphatic heterocycles. The van der Waals surface area contributed by atoms with Crippen molar-refractivity contribution in [2.45, 2.75) is 45.2 Å². The van der Waals surface area contributed by atoms with Crippen molar-refractivity contribution in [3.63, 3.8) is 0 Å². The molecule has 1 atom stereocenters. The summed E-state index contributed by atoms with van der Waals surface area (Å²) in [5.41, 5.74) is 1.65. The van der Waals surface area contributed by atoms with Crippen LogP contribution in [0.2, 0.25) is 10.0 Å². The molecule has 5 rings (SSSR count). The van der Waals surface area contributed by atoms with Crippen LogP contribution >= 0.6 is 23.2 Å². The number of pyridine rings is 1. The first kappa shape index (κ1) is 28.4. The number of aliphatic hydroxyl groups is 1. The number of nitrogens with one attached hydrogen (secondary N) is 2. The molecule has 8 nitrogen and oxygen atoms in total. The second-order valence-corrected chi connectivity index (χ2v) is 11.3. The van der Waals surface area contributed by atoms with Crippen LogP contribution in [0.5, 0.6) is 0 Å². The summed E-state index contributed by atoms with van der Waals surface area (Å²) in [7, 11) is 0. The predicted molar refractivity (Wildman–Crippen MR) is 154 cm³/mol. The van der Waals surface area contributed by atoms with Gasteiger partial charge < -0.3 is 25.2 Å². The number of carbonyl (C=O) groups excluding carboxylic acids is 2. The average Bonchev–Trinajstić information content (AvgIpc) is 3.77. The molecule has 0 radical (unpaired) electrons. The summed E-state index contributed by atoms with van der Waals surface area (Å²) in [5, 5.41) is 15.2. The Labute approximate surface area is 241 Å². The first-order valence-corrected chi connectivity index (χ1v) is 14.2. The van der Waals surface area contributed by atoms with Gasteiger partial charge in [0, 0.05) is 43.4 Å². The molecule has 1 aliphatic carbocycles. The second kappa shape index (κ2) is 11.8. The minimum Gasteiger partial charge on any atom is -0.395 e. The number of aliphatic hydroxyl groups excluding tert-OH is 1. The molecule has 2 fully saturated rings. The highest BCUT2D eigenvalue weighted by atomic mass is 35.5. The van der Waals surface area contributed by atoms with Crippen LogP contribution in [0.15, 0.2) is 35.3 Å². The van der Waals surface area contributed by atoms with E-state index in [1.165, 1.54) is 6.20 Å². The van der Waals surface area contributed by atoms with Gasteiger partial charge in [0.25, 0.3) is 5.91 Å². The summed E-state index contributed by atoms with van der Waals surface area (Å²) in [4.78, 5) is 41.0. The minimum atomic E-state index is -0.678. The number of amides is 2. The first-order valence-electron chi connectivity index (χ1n) is 13.4. The van der Waals surface area contributed by atoms with Crippen molar-refractivity contribution in [3.8, 4) is 0 Å². The standard InChI is InChI=1S/C29H31Cl2FN4O4/c1-16-11-19(30)5-4-17(16)13-34-29(40)22-15-36(20-6-7-20)25-21(27(22)38)12-23(32)26(24(25)31)35-9-2-3-18(14-35)28(39)33-8-10-37/h4-5,11-12,15,18,20,37H,2-3,6-10,13-14H2,1H3,(H,33,39)(H,34,40). The van der Waals surface area contributed by atoms with Gasteiger partial charge in [-0.05, 0) is 61.9 Å². The SMILES string of the molecule is Cc1cc(Cl)ccc1CNC(=O)c1cn(C2CC2)c2c(Cl)c(N3CCCC(C(=O)NCCO)C3)c(F)cc2c1=O. The van der Waals surface area contributed by atoms with E-state index in [-0.39, 0.29) is 65.8 Å². The van der Waals surface area contributed by atoms with Crippen molar-refractivity contribution in [1.82, 2.24) is 15.2 Å². The Balaban J connectivity index is 1.49. The van der Waals surface area contributed by atoms with Crippen LogP contribution < -0.4 is 21.0 Å². The number of hydrogen-bond acceptors (Lipinski definition) is 5. The summed E-state index contributed by atoms with van der Waals surface area (Å²) >= 11 is 12.9. The Morgan fingerprint density at radius 3 is 2.62 bits per heavy atom. The molecule has 1 aromatic heterocycles. The molecule has 1 saturated heterocycles. The van der Waals surface area contributed by atoms with Crippen LogP contribution in [0.4, 0.5) is 10.1 Å². The van der Waals surface area contributed by atoms with Gasteiger partial charge >= 0.3 is 0 Å². The smallest absolute Gasteiger partial charge is 0.257 e. The summed E-state index contributed by atoms with van der Waals surface area (Å²) in [6.07, 6.45) is 4.53. The van der Waals surface area contributed by atoms with Crippen LogP contribution in [0.25, 0.3) is 10.9 Å². The normalized spacial score (nSPS) is 17.2. The molecular weight excluding hydrogens is 558 g/mol. The molecule has 2 aromatic carbocycles. The van der Waals surface area contributed by atoms with Crippen LogP contribution in [0.3, 0.4) is 0 Å². The number of carbonyl (C=O) groups is 2. The second-order valence-electron chi connectivity index (χ2n) is 10.5. The zero-order valence-electron chi connectivity index (χ0n) is 22.1. The summed E-state index contributed by atoms with van der Waals surface area (Å²) in [6.45, 7) is 2.86. The Kier molecular flexibility index (Phi) is 8.35. The van der Waals surface area contributed by atoms with Crippen LogP contribution in [-0.2, 0) is 11.3 Å². The van der Waals surface area contributed by atoms with E-state index in [9.17, 15) is 14.4 Å². The average molecular weight is 589 g/mol. The van der Waals surface area contributed by atoms with Crippen molar-refractivity contribution in [2.75, 3.05) is 31.1 Å². The number of aryl methyl sites for hydroxylation is 1. The summed E-state index contributed by atoms with van der Waals surface area (Å²) in [6, 6.07) is 6.56. The van der Waals surface area contributed by atoms with Gasteiger partial charge in [-0.25, -0.2) is 4.39 Å².